The Balaban J connectivity index is 3.04. The molecule has 0 aliphatic rings. The van der Waals surface area contributed by atoms with E-state index in [1.165, 1.54) is 0 Å². The number of nitrogens with two attached hydrogens (primary N) is 1. The quantitative estimate of drug-likeness (QED) is 0.629. The fourth-order valence-corrected chi connectivity index (χ4v) is 1.48. The molecule has 0 aromatic heterocycles. The maximum Gasteiger partial charge on any atom is 0.0902 e. The van der Waals surface area contributed by atoms with Crippen molar-refractivity contribution in [2.75, 3.05) is 18.2 Å². The van der Waals surface area contributed by atoms with Crippen molar-refractivity contribution in [1.29, 1.82) is 0 Å². The summed E-state index contributed by atoms with van der Waals surface area (Å²) in [6, 6.07) is 0. The van der Waals surface area contributed by atoms with Crippen LogP contribution < -0.4 is 5.73 Å². The minimum Gasteiger partial charge on any atom is -0.325 e. The van der Waals surface area contributed by atoms with Crippen LogP contribution in [0.5, 0.6) is 0 Å². The second-order valence-electron chi connectivity index (χ2n) is 3.08. The van der Waals surface area contributed by atoms with Gasteiger partial charge < -0.3 is 5.73 Å². The molecular weight excluding hydrogens is 149 g/mol. The van der Waals surface area contributed by atoms with Crippen LogP contribution in [0.1, 0.15) is 20.3 Å². The first-order valence-electron chi connectivity index (χ1n) is 3.49. The molecule has 3 heteroatoms. The van der Waals surface area contributed by atoms with Gasteiger partial charge in [0.15, 0.2) is 0 Å². The van der Waals surface area contributed by atoms with Gasteiger partial charge in [0.05, 0.1) is 6.67 Å². The highest BCUT2D eigenvalue weighted by atomic mass is 32.2. The van der Waals surface area contributed by atoms with E-state index in [1.54, 1.807) is 11.8 Å². The first kappa shape index (κ1) is 10.2. The lowest BCUT2D eigenvalue weighted by atomic mass is 10.1. The van der Waals surface area contributed by atoms with Crippen LogP contribution in [0.4, 0.5) is 4.39 Å². The molecule has 0 aliphatic carbocycles. The van der Waals surface area contributed by atoms with Gasteiger partial charge in [-0.2, -0.15) is 11.8 Å². The highest BCUT2D eigenvalue weighted by Gasteiger charge is 2.09. The number of hydrogen-bond acceptors (Lipinski definition) is 2. The molecular formula is C7H16FNS. The van der Waals surface area contributed by atoms with Crippen LogP contribution in [0, 0.1) is 0 Å². The van der Waals surface area contributed by atoms with Crippen molar-refractivity contribution in [1.82, 2.24) is 0 Å². The third-order valence-electron chi connectivity index (χ3n) is 0.896. The molecule has 0 aromatic rings. The molecule has 0 unspecified atom stereocenters. The molecule has 2 N–H and O–H groups in total. The molecule has 0 aliphatic heterocycles. The van der Waals surface area contributed by atoms with Crippen molar-refractivity contribution in [2.45, 2.75) is 25.8 Å². The summed E-state index contributed by atoms with van der Waals surface area (Å²) in [5.74, 6) is 1.80. The number of hydrogen-bond donors (Lipinski definition) is 1. The zero-order valence-electron chi connectivity index (χ0n) is 6.69. The van der Waals surface area contributed by atoms with Crippen molar-refractivity contribution in [3.8, 4) is 0 Å². The monoisotopic (exact) mass is 165 g/mol. The van der Waals surface area contributed by atoms with Gasteiger partial charge in [-0.1, -0.05) is 0 Å². The minimum absolute atomic E-state index is 0.110. The molecule has 0 amide bonds. The summed E-state index contributed by atoms with van der Waals surface area (Å²) in [6.07, 6.45) is 0.654. The highest BCUT2D eigenvalue weighted by Crippen LogP contribution is 2.10. The van der Waals surface area contributed by atoms with Crippen molar-refractivity contribution >= 4 is 11.8 Å². The molecule has 0 aromatic carbocycles. The van der Waals surface area contributed by atoms with Crippen LogP contribution in [-0.4, -0.2) is 23.7 Å². The molecule has 0 saturated heterocycles. The molecule has 1 nitrogen and oxygen atoms in total. The first-order valence-corrected chi connectivity index (χ1v) is 4.64. The standard InChI is InChI=1S/C7H16FNS/c1-7(2,9)6-10-5-3-4-8/h3-6,9H2,1-2H3. The van der Waals surface area contributed by atoms with Gasteiger partial charge in [-0.05, 0) is 26.0 Å². The van der Waals surface area contributed by atoms with Crippen LogP contribution >= 0.6 is 11.8 Å². The normalized spacial score (nSPS) is 12.0. The molecule has 0 atom stereocenters. The summed E-state index contributed by atoms with van der Waals surface area (Å²) >= 11 is 1.72. The van der Waals surface area contributed by atoms with Crippen LogP contribution in [0.25, 0.3) is 0 Å². The average Bonchev–Trinajstić information content (AvgIpc) is 1.78. The molecule has 0 radical (unpaired) electrons. The average molecular weight is 165 g/mol. The summed E-state index contributed by atoms with van der Waals surface area (Å²) in [6.45, 7) is 3.75. The maximum atomic E-state index is 11.6. The van der Waals surface area contributed by atoms with Crippen LogP contribution in [0.15, 0.2) is 0 Å². The Morgan fingerprint density at radius 1 is 1.50 bits per heavy atom. The summed E-state index contributed by atoms with van der Waals surface area (Å²) in [4.78, 5) is 0. The van der Waals surface area contributed by atoms with Crippen LogP contribution in [0.2, 0.25) is 0 Å². The van der Waals surface area contributed by atoms with E-state index in [0.717, 1.165) is 11.5 Å². The minimum atomic E-state index is -0.210. The van der Waals surface area contributed by atoms with Gasteiger partial charge in [0.2, 0.25) is 0 Å². The Morgan fingerprint density at radius 2 is 2.10 bits per heavy atom. The van der Waals surface area contributed by atoms with E-state index in [9.17, 15) is 4.39 Å². The Kier molecular flexibility index (Phi) is 5.09. The van der Waals surface area contributed by atoms with Gasteiger partial charge in [-0.25, -0.2) is 0 Å². The van der Waals surface area contributed by atoms with Gasteiger partial charge >= 0.3 is 0 Å². The maximum absolute atomic E-state index is 11.6. The first-order chi connectivity index (χ1) is 4.56. The zero-order chi connectivity index (χ0) is 8.04. The van der Waals surface area contributed by atoms with Crippen molar-refractivity contribution in [2.24, 2.45) is 5.73 Å². The molecule has 0 fully saturated rings. The van der Waals surface area contributed by atoms with Gasteiger partial charge in [0.25, 0.3) is 0 Å². The van der Waals surface area contributed by atoms with Crippen LogP contribution in [-0.2, 0) is 0 Å². The SMILES string of the molecule is CC(C)(N)CSCCCF. The predicted molar refractivity (Wildman–Crippen MR) is 46.2 cm³/mol. The fraction of sp³-hybridized carbons (Fsp3) is 1.00. The van der Waals surface area contributed by atoms with E-state index in [2.05, 4.69) is 0 Å². The van der Waals surface area contributed by atoms with Crippen LogP contribution in [0.3, 0.4) is 0 Å². The lowest BCUT2D eigenvalue weighted by Gasteiger charge is -2.16. The van der Waals surface area contributed by atoms with E-state index in [1.807, 2.05) is 13.8 Å². The number of halogens is 1. The smallest absolute Gasteiger partial charge is 0.0902 e. The van der Waals surface area contributed by atoms with E-state index < -0.39 is 0 Å². The largest absolute Gasteiger partial charge is 0.325 e. The molecule has 62 valence electrons. The van der Waals surface area contributed by atoms with E-state index in [4.69, 9.17) is 5.73 Å². The Morgan fingerprint density at radius 3 is 2.50 bits per heavy atom. The zero-order valence-corrected chi connectivity index (χ0v) is 7.51. The molecule has 0 heterocycles. The van der Waals surface area contributed by atoms with Gasteiger partial charge in [-0.15, -0.1) is 0 Å². The second-order valence-corrected chi connectivity index (χ2v) is 4.19. The summed E-state index contributed by atoms with van der Waals surface area (Å²) < 4.78 is 11.6. The molecule has 0 spiro atoms. The second kappa shape index (κ2) is 4.97. The van der Waals surface area contributed by atoms with Gasteiger partial charge in [-0.3, -0.25) is 4.39 Å². The number of rotatable bonds is 5. The molecule has 10 heavy (non-hydrogen) atoms. The molecule has 0 rings (SSSR count). The third kappa shape index (κ3) is 8.24. The highest BCUT2D eigenvalue weighted by molar-refractivity contribution is 7.99. The molecule has 0 saturated carbocycles. The predicted octanol–water partition coefficient (Wildman–Crippen LogP) is 1.82. The topological polar surface area (TPSA) is 26.0 Å². The number of thioether (sulfide) groups is 1. The lowest BCUT2D eigenvalue weighted by molar-refractivity contribution is 0.489. The lowest BCUT2D eigenvalue weighted by Crippen LogP contribution is -2.34. The Hall–Kier alpha value is 0.240. The van der Waals surface area contributed by atoms with E-state index >= 15 is 0 Å². The summed E-state index contributed by atoms with van der Waals surface area (Å²) in [7, 11) is 0. The third-order valence-corrected chi connectivity index (χ3v) is 2.42. The molecule has 0 bridgehead atoms. The van der Waals surface area contributed by atoms with Crippen molar-refractivity contribution in [3.05, 3.63) is 0 Å². The van der Waals surface area contributed by atoms with Gasteiger partial charge in [0, 0.05) is 11.3 Å². The van der Waals surface area contributed by atoms with Crippen molar-refractivity contribution < 1.29 is 4.39 Å². The Bertz CT molecular complexity index is 80.2. The Labute approximate surface area is 66.6 Å². The number of alkyl halides is 1. The van der Waals surface area contributed by atoms with E-state index in [0.29, 0.717) is 6.42 Å². The summed E-state index contributed by atoms with van der Waals surface area (Å²) in [5.41, 5.74) is 5.59. The van der Waals surface area contributed by atoms with Gasteiger partial charge in [0.1, 0.15) is 0 Å². The van der Waals surface area contributed by atoms with E-state index in [-0.39, 0.29) is 12.2 Å². The van der Waals surface area contributed by atoms with Crippen molar-refractivity contribution in [3.63, 3.8) is 0 Å². The summed E-state index contributed by atoms with van der Waals surface area (Å²) in [5, 5.41) is 0. The fourth-order valence-electron chi connectivity index (χ4n) is 0.492.